The summed E-state index contributed by atoms with van der Waals surface area (Å²) in [5, 5.41) is 15.5. The van der Waals surface area contributed by atoms with Gasteiger partial charge in [0.05, 0.1) is 25.6 Å². The number of benzene rings is 1. The summed E-state index contributed by atoms with van der Waals surface area (Å²) in [6.07, 6.45) is 8.56. The summed E-state index contributed by atoms with van der Waals surface area (Å²) in [7, 11) is 3.36. The number of nitrogens with one attached hydrogen (secondary N) is 2. The van der Waals surface area contributed by atoms with Gasteiger partial charge in [-0.25, -0.2) is 4.98 Å². The molecular weight excluding hydrogens is 510 g/mol. The second-order valence-electron chi connectivity index (χ2n) is 10.9. The minimum absolute atomic E-state index is 0.0810. The lowest BCUT2D eigenvalue weighted by atomic mass is 10.0. The number of likely N-dealkylation sites (tertiary alicyclic amines) is 1. The van der Waals surface area contributed by atoms with Gasteiger partial charge in [-0.15, -0.1) is 0 Å². The second-order valence-corrected chi connectivity index (χ2v) is 10.9. The first-order valence-electron chi connectivity index (χ1n) is 14.5. The smallest absolute Gasteiger partial charge is 0.251 e. The van der Waals surface area contributed by atoms with Gasteiger partial charge in [0.1, 0.15) is 17.5 Å². The standard InChI is InChI=1S/C29H41N7O4/c1-4-23-28(39)34(2)24-18-30-29(33-26(24)36(23)21-7-5-6-8-21)32-22-10-9-19(17-25(22)40-3)27(38)31-20-11-13-35(14-12-20)15-16-37/h9-10,17-18,20-21,23,37H,4-8,11-16H2,1-3H3,(H,31,38)(H,30,32,33)/t23-/m1/s1. The minimum atomic E-state index is -0.238. The topological polar surface area (TPSA) is 123 Å². The fraction of sp³-hybridized carbons (Fsp3) is 0.586. The Morgan fingerprint density at radius 1 is 1.18 bits per heavy atom. The molecular formula is C29H41N7O4. The van der Waals surface area contributed by atoms with E-state index in [4.69, 9.17) is 14.8 Å². The molecule has 1 aromatic carbocycles. The Morgan fingerprint density at radius 3 is 2.60 bits per heavy atom. The zero-order valence-electron chi connectivity index (χ0n) is 23.7. The summed E-state index contributed by atoms with van der Waals surface area (Å²) < 4.78 is 5.63. The predicted molar refractivity (Wildman–Crippen MR) is 155 cm³/mol. The van der Waals surface area contributed by atoms with Crippen LogP contribution in [0.2, 0.25) is 0 Å². The molecule has 2 aromatic rings. The number of likely N-dealkylation sites (N-methyl/N-ethyl adjacent to an activating group) is 1. The molecule has 1 atom stereocenters. The number of nitrogens with zero attached hydrogens (tertiary/aromatic N) is 5. The Morgan fingerprint density at radius 2 is 1.93 bits per heavy atom. The number of piperidine rings is 1. The number of aliphatic hydroxyl groups excluding tert-OH is 1. The maximum absolute atomic E-state index is 13.2. The monoisotopic (exact) mass is 551 g/mol. The van der Waals surface area contributed by atoms with Crippen LogP contribution in [-0.2, 0) is 4.79 Å². The highest BCUT2D eigenvalue weighted by Gasteiger charge is 2.41. The first-order chi connectivity index (χ1) is 19.4. The quantitative estimate of drug-likeness (QED) is 0.432. The Hall–Kier alpha value is -3.44. The molecule has 0 spiro atoms. The number of aliphatic hydroxyl groups is 1. The second kappa shape index (κ2) is 12.4. The summed E-state index contributed by atoms with van der Waals surface area (Å²) in [5.41, 5.74) is 1.88. The van der Waals surface area contributed by atoms with E-state index in [1.165, 1.54) is 0 Å². The molecule has 5 rings (SSSR count). The Bertz CT molecular complexity index is 1210. The average molecular weight is 552 g/mol. The first kappa shape index (κ1) is 28.1. The molecule has 1 aromatic heterocycles. The van der Waals surface area contributed by atoms with Crippen molar-refractivity contribution in [3.8, 4) is 5.75 Å². The van der Waals surface area contributed by atoms with Crippen molar-refractivity contribution in [2.45, 2.75) is 70.0 Å². The number of methoxy groups -OCH3 is 1. The van der Waals surface area contributed by atoms with Gasteiger partial charge in [0.2, 0.25) is 11.9 Å². The van der Waals surface area contributed by atoms with Gasteiger partial charge in [-0.05, 0) is 50.3 Å². The van der Waals surface area contributed by atoms with Crippen LogP contribution in [0.5, 0.6) is 5.75 Å². The molecule has 216 valence electrons. The predicted octanol–water partition coefficient (Wildman–Crippen LogP) is 2.92. The van der Waals surface area contributed by atoms with E-state index >= 15 is 0 Å². The van der Waals surface area contributed by atoms with E-state index in [9.17, 15) is 9.59 Å². The Balaban J connectivity index is 1.33. The summed E-state index contributed by atoms with van der Waals surface area (Å²) in [5.74, 6) is 1.64. The molecule has 0 radical (unpaired) electrons. The molecule has 1 aliphatic carbocycles. The number of fused-ring (bicyclic) bond motifs is 1. The van der Waals surface area contributed by atoms with E-state index in [2.05, 4.69) is 25.4 Å². The van der Waals surface area contributed by atoms with Gasteiger partial charge in [0.15, 0.2) is 5.82 Å². The van der Waals surface area contributed by atoms with E-state index in [-0.39, 0.29) is 30.5 Å². The maximum atomic E-state index is 13.2. The van der Waals surface area contributed by atoms with E-state index in [0.29, 0.717) is 47.6 Å². The molecule has 0 unspecified atom stereocenters. The normalized spacial score (nSPS) is 20.5. The van der Waals surface area contributed by atoms with Crippen LogP contribution in [0.15, 0.2) is 24.4 Å². The highest BCUT2D eigenvalue weighted by Crippen LogP contribution is 2.40. The number of β-amino-alcohol motifs (C(OH)–C–C–N with tert-alkyl or cyclic N) is 1. The number of aromatic nitrogens is 2. The van der Waals surface area contributed by atoms with Crippen LogP contribution >= 0.6 is 0 Å². The van der Waals surface area contributed by atoms with Gasteiger partial charge in [-0.3, -0.25) is 9.59 Å². The number of carbonyl (C=O) groups is 2. The Kier molecular flexibility index (Phi) is 8.70. The Labute approximate surface area is 235 Å². The third-order valence-electron chi connectivity index (χ3n) is 8.46. The zero-order chi connectivity index (χ0) is 28.2. The lowest BCUT2D eigenvalue weighted by Crippen LogP contribution is -2.55. The summed E-state index contributed by atoms with van der Waals surface area (Å²) in [6.45, 7) is 4.60. The van der Waals surface area contributed by atoms with Crippen molar-refractivity contribution in [3.05, 3.63) is 30.0 Å². The van der Waals surface area contributed by atoms with Crippen LogP contribution < -0.4 is 25.2 Å². The fourth-order valence-corrected chi connectivity index (χ4v) is 6.21. The molecule has 2 aliphatic heterocycles. The molecule has 2 amide bonds. The lowest BCUT2D eigenvalue weighted by molar-refractivity contribution is -0.120. The molecule has 3 N–H and O–H groups in total. The van der Waals surface area contributed by atoms with Crippen LogP contribution in [0.1, 0.15) is 62.2 Å². The third-order valence-corrected chi connectivity index (χ3v) is 8.46. The molecule has 3 aliphatic rings. The van der Waals surface area contributed by atoms with Gasteiger partial charge >= 0.3 is 0 Å². The number of hydrogen-bond donors (Lipinski definition) is 3. The highest BCUT2D eigenvalue weighted by atomic mass is 16.5. The summed E-state index contributed by atoms with van der Waals surface area (Å²) >= 11 is 0. The van der Waals surface area contributed by atoms with Crippen molar-refractivity contribution in [1.82, 2.24) is 20.2 Å². The van der Waals surface area contributed by atoms with Crippen LogP contribution in [0.25, 0.3) is 0 Å². The van der Waals surface area contributed by atoms with Gasteiger partial charge in [-0.2, -0.15) is 4.98 Å². The van der Waals surface area contributed by atoms with Gasteiger partial charge in [0, 0.05) is 44.3 Å². The van der Waals surface area contributed by atoms with Gasteiger partial charge < -0.3 is 35.2 Å². The number of amides is 2. The van der Waals surface area contributed by atoms with E-state index in [0.717, 1.165) is 57.4 Å². The van der Waals surface area contributed by atoms with Crippen molar-refractivity contribution >= 4 is 35.0 Å². The zero-order valence-corrected chi connectivity index (χ0v) is 23.7. The van der Waals surface area contributed by atoms with Crippen LogP contribution in [0, 0.1) is 0 Å². The van der Waals surface area contributed by atoms with Crippen molar-refractivity contribution in [2.24, 2.45) is 0 Å². The highest BCUT2D eigenvalue weighted by molar-refractivity contribution is 6.04. The molecule has 3 heterocycles. The van der Waals surface area contributed by atoms with Crippen LogP contribution in [-0.4, -0.2) is 90.3 Å². The van der Waals surface area contributed by atoms with Crippen LogP contribution in [0.4, 0.5) is 23.1 Å². The molecule has 11 nitrogen and oxygen atoms in total. The molecule has 11 heteroatoms. The van der Waals surface area contributed by atoms with E-state index in [1.807, 2.05) is 6.92 Å². The molecule has 1 saturated heterocycles. The van der Waals surface area contributed by atoms with E-state index < -0.39 is 0 Å². The number of ether oxygens (including phenoxy) is 1. The number of hydrogen-bond acceptors (Lipinski definition) is 9. The van der Waals surface area contributed by atoms with Crippen molar-refractivity contribution < 1.29 is 19.4 Å². The number of rotatable bonds is 9. The van der Waals surface area contributed by atoms with Gasteiger partial charge in [-0.1, -0.05) is 19.8 Å². The molecule has 0 bridgehead atoms. The van der Waals surface area contributed by atoms with Crippen molar-refractivity contribution in [1.29, 1.82) is 0 Å². The van der Waals surface area contributed by atoms with Crippen LogP contribution in [0.3, 0.4) is 0 Å². The summed E-state index contributed by atoms with van der Waals surface area (Å²) in [6, 6.07) is 5.45. The van der Waals surface area contributed by atoms with E-state index in [1.54, 1.807) is 43.5 Å². The maximum Gasteiger partial charge on any atom is 0.251 e. The van der Waals surface area contributed by atoms with Crippen molar-refractivity contribution in [2.75, 3.05) is 55.5 Å². The SMILES string of the molecule is CC[C@@H]1C(=O)N(C)c2cnc(Nc3ccc(C(=O)NC4CCN(CCO)CC4)cc3OC)nc2N1C1CCCC1. The minimum Gasteiger partial charge on any atom is -0.495 e. The first-order valence-corrected chi connectivity index (χ1v) is 14.5. The van der Waals surface area contributed by atoms with Crippen molar-refractivity contribution in [3.63, 3.8) is 0 Å². The number of carbonyl (C=O) groups excluding carboxylic acids is 2. The summed E-state index contributed by atoms with van der Waals surface area (Å²) in [4.78, 5) is 41.7. The fourth-order valence-electron chi connectivity index (χ4n) is 6.21. The average Bonchev–Trinajstić information content (AvgIpc) is 3.50. The lowest BCUT2D eigenvalue weighted by Gasteiger charge is -2.43. The number of anilines is 4. The van der Waals surface area contributed by atoms with Gasteiger partial charge in [0.25, 0.3) is 5.91 Å². The molecule has 2 fully saturated rings. The third kappa shape index (κ3) is 5.71. The molecule has 40 heavy (non-hydrogen) atoms. The largest absolute Gasteiger partial charge is 0.495 e. The molecule has 1 saturated carbocycles.